The number of hydrogen-bond donors (Lipinski definition) is 0. The Morgan fingerprint density at radius 2 is 1.55 bits per heavy atom. The van der Waals surface area contributed by atoms with E-state index >= 15 is 0 Å². The van der Waals surface area contributed by atoms with E-state index in [1.54, 1.807) is 43.3 Å². The van der Waals surface area contributed by atoms with Crippen LogP contribution in [0.1, 0.15) is 29.3 Å². The lowest BCUT2D eigenvalue weighted by Crippen LogP contribution is -2.29. The number of anilines is 1. The van der Waals surface area contributed by atoms with Gasteiger partial charge in [-0.15, -0.1) is 0 Å². The predicted molar refractivity (Wildman–Crippen MR) is 82.6 cm³/mol. The highest BCUT2D eigenvalue weighted by atomic mass is 16.2. The van der Waals surface area contributed by atoms with E-state index in [4.69, 9.17) is 0 Å². The maximum absolute atomic E-state index is 12.3. The van der Waals surface area contributed by atoms with Crippen molar-refractivity contribution in [3.63, 3.8) is 0 Å². The van der Waals surface area contributed by atoms with E-state index in [9.17, 15) is 14.4 Å². The average molecular weight is 293 g/mol. The molecule has 0 spiro atoms. The molecule has 1 fully saturated rings. The molecule has 1 atom stereocenters. The topological polar surface area (TPSA) is 54.5 Å². The Morgan fingerprint density at radius 3 is 2.09 bits per heavy atom. The molecule has 0 N–H and O–H groups in total. The molecule has 1 aliphatic heterocycles. The zero-order valence-corrected chi connectivity index (χ0v) is 12.2. The molecule has 4 heteroatoms. The minimum Gasteiger partial charge on any atom is -0.289 e. The molecule has 0 radical (unpaired) electrons. The number of nitrogens with zero attached hydrogens (tertiary/aromatic N) is 1. The summed E-state index contributed by atoms with van der Waals surface area (Å²) in [4.78, 5) is 37.4. The Balaban J connectivity index is 1.86. The summed E-state index contributed by atoms with van der Waals surface area (Å²) in [6.45, 7) is 1.74. The van der Waals surface area contributed by atoms with Gasteiger partial charge in [0.1, 0.15) is 0 Å². The Bertz CT molecular complexity index is 735. The molecular formula is C18H15NO3. The van der Waals surface area contributed by atoms with Crippen molar-refractivity contribution in [2.75, 3.05) is 4.90 Å². The van der Waals surface area contributed by atoms with Crippen LogP contribution in [0.5, 0.6) is 0 Å². The number of hydrogen-bond acceptors (Lipinski definition) is 3. The first kappa shape index (κ1) is 14.2. The van der Waals surface area contributed by atoms with E-state index in [2.05, 4.69) is 0 Å². The van der Waals surface area contributed by atoms with Crippen molar-refractivity contribution in [3.8, 4) is 0 Å². The van der Waals surface area contributed by atoms with Crippen LogP contribution in [0.15, 0.2) is 54.6 Å². The summed E-state index contributed by atoms with van der Waals surface area (Å²) < 4.78 is 0. The SMILES string of the molecule is CC1CC(=O)N(c2ccc(C(=O)c3ccccc3)cc2)C1=O. The largest absolute Gasteiger partial charge is 0.289 e. The second kappa shape index (κ2) is 5.56. The molecular weight excluding hydrogens is 278 g/mol. The van der Waals surface area contributed by atoms with Gasteiger partial charge in [-0.2, -0.15) is 0 Å². The van der Waals surface area contributed by atoms with Gasteiger partial charge in [0.2, 0.25) is 11.8 Å². The van der Waals surface area contributed by atoms with Gasteiger partial charge in [-0.05, 0) is 24.3 Å². The number of ketones is 1. The van der Waals surface area contributed by atoms with Crippen molar-refractivity contribution < 1.29 is 14.4 Å². The van der Waals surface area contributed by atoms with Gasteiger partial charge in [-0.1, -0.05) is 37.3 Å². The maximum atomic E-state index is 12.3. The lowest BCUT2D eigenvalue weighted by atomic mass is 10.0. The monoisotopic (exact) mass is 293 g/mol. The standard InChI is InChI=1S/C18H15NO3/c1-12-11-16(20)19(18(12)22)15-9-7-14(8-10-15)17(21)13-5-3-2-4-6-13/h2-10,12H,11H2,1H3. The van der Waals surface area contributed by atoms with Gasteiger partial charge in [-0.3, -0.25) is 19.3 Å². The van der Waals surface area contributed by atoms with Crippen molar-refractivity contribution >= 4 is 23.3 Å². The second-order valence-corrected chi connectivity index (χ2v) is 5.41. The van der Waals surface area contributed by atoms with Crippen LogP contribution in [0.3, 0.4) is 0 Å². The molecule has 0 saturated carbocycles. The Hall–Kier alpha value is -2.75. The summed E-state index contributed by atoms with van der Waals surface area (Å²) in [7, 11) is 0. The third-order valence-corrected chi connectivity index (χ3v) is 3.80. The van der Waals surface area contributed by atoms with E-state index in [0.29, 0.717) is 16.8 Å². The number of imide groups is 1. The lowest BCUT2D eigenvalue weighted by molar-refractivity contribution is -0.122. The molecule has 2 amide bonds. The van der Waals surface area contributed by atoms with Gasteiger partial charge in [0.25, 0.3) is 0 Å². The van der Waals surface area contributed by atoms with Gasteiger partial charge in [-0.25, -0.2) is 0 Å². The highest BCUT2D eigenvalue weighted by molar-refractivity contribution is 6.21. The smallest absolute Gasteiger partial charge is 0.237 e. The zero-order valence-electron chi connectivity index (χ0n) is 12.2. The van der Waals surface area contributed by atoms with Crippen LogP contribution in [0.4, 0.5) is 5.69 Å². The van der Waals surface area contributed by atoms with Crippen LogP contribution in [0.2, 0.25) is 0 Å². The summed E-state index contributed by atoms with van der Waals surface area (Å²) >= 11 is 0. The van der Waals surface area contributed by atoms with Crippen LogP contribution in [-0.2, 0) is 9.59 Å². The number of rotatable bonds is 3. The number of benzene rings is 2. The van der Waals surface area contributed by atoms with E-state index < -0.39 is 0 Å². The van der Waals surface area contributed by atoms with Crippen LogP contribution in [0.25, 0.3) is 0 Å². The van der Waals surface area contributed by atoms with Gasteiger partial charge in [0.05, 0.1) is 5.69 Å². The van der Waals surface area contributed by atoms with Crippen molar-refractivity contribution in [2.45, 2.75) is 13.3 Å². The van der Waals surface area contributed by atoms with Crippen LogP contribution in [-0.4, -0.2) is 17.6 Å². The third kappa shape index (κ3) is 2.44. The molecule has 1 aliphatic rings. The first-order chi connectivity index (χ1) is 10.6. The fourth-order valence-electron chi connectivity index (χ4n) is 2.57. The number of carbonyl (C=O) groups excluding carboxylic acids is 3. The average Bonchev–Trinajstić information content (AvgIpc) is 2.80. The van der Waals surface area contributed by atoms with Crippen molar-refractivity contribution in [3.05, 3.63) is 65.7 Å². The van der Waals surface area contributed by atoms with Gasteiger partial charge in [0.15, 0.2) is 5.78 Å². The van der Waals surface area contributed by atoms with E-state index in [1.165, 1.54) is 4.90 Å². The summed E-state index contributed by atoms with van der Waals surface area (Å²) in [6, 6.07) is 15.6. The predicted octanol–water partition coefficient (Wildman–Crippen LogP) is 2.82. The summed E-state index contributed by atoms with van der Waals surface area (Å²) in [5, 5.41) is 0. The minimum atomic E-state index is -0.280. The van der Waals surface area contributed by atoms with Crippen molar-refractivity contribution in [1.29, 1.82) is 0 Å². The van der Waals surface area contributed by atoms with Crippen molar-refractivity contribution in [1.82, 2.24) is 0 Å². The van der Waals surface area contributed by atoms with Crippen LogP contribution in [0, 0.1) is 5.92 Å². The molecule has 0 aliphatic carbocycles. The third-order valence-electron chi connectivity index (χ3n) is 3.80. The van der Waals surface area contributed by atoms with Gasteiger partial charge in [0, 0.05) is 23.5 Å². The van der Waals surface area contributed by atoms with Gasteiger partial charge >= 0.3 is 0 Å². The molecule has 3 rings (SSSR count). The quantitative estimate of drug-likeness (QED) is 0.646. The molecule has 1 unspecified atom stereocenters. The molecule has 1 saturated heterocycles. The zero-order chi connectivity index (χ0) is 15.7. The van der Waals surface area contributed by atoms with Crippen LogP contribution >= 0.6 is 0 Å². The Labute approximate surface area is 128 Å². The molecule has 4 nitrogen and oxygen atoms in total. The maximum Gasteiger partial charge on any atom is 0.237 e. The van der Waals surface area contributed by atoms with E-state index in [-0.39, 0.29) is 29.9 Å². The first-order valence-corrected chi connectivity index (χ1v) is 7.14. The second-order valence-electron chi connectivity index (χ2n) is 5.41. The fourth-order valence-corrected chi connectivity index (χ4v) is 2.57. The first-order valence-electron chi connectivity index (χ1n) is 7.14. The lowest BCUT2D eigenvalue weighted by Gasteiger charge is -2.14. The van der Waals surface area contributed by atoms with Crippen molar-refractivity contribution in [2.24, 2.45) is 5.92 Å². The number of carbonyl (C=O) groups is 3. The highest BCUT2D eigenvalue weighted by Gasteiger charge is 2.36. The summed E-state index contributed by atoms with van der Waals surface area (Å²) in [6.07, 6.45) is 0.240. The minimum absolute atomic E-state index is 0.0837. The fraction of sp³-hybridized carbons (Fsp3) is 0.167. The number of amides is 2. The highest BCUT2D eigenvalue weighted by Crippen LogP contribution is 2.26. The normalized spacial score (nSPS) is 17.9. The van der Waals surface area contributed by atoms with Gasteiger partial charge < -0.3 is 0 Å². The molecule has 1 heterocycles. The molecule has 2 aromatic rings. The molecule has 2 aromatic carbocycles. The summed E-state index contributed by atoms with van der Waals surface area (Å²) in [5.41, 5.74) is 1.66. The Morgan fingerprint density at radius 1 is 0.955 bits per heavy atom. The Kier molecular flexibility index (Phi) is 3.59. The van der Waals surface area contributed by atoms with E-state index in [0.717, 1.165) is 0 Å². The molecule has 0 bridgehead atoms. The molecule has 22 heavy (non-hydrogen) atoms. The molecule has 0 aromatic heterocycles. The summed E-state index contributed by atoms with van der Waals surface area (Å²) in [5.74, 6) is -0.746. The van der Waals surface area contributed by atoms with E-state index in [1.807, 2.05) is 18.2 Å². The van der Waals surface area contributed by atoms with Crippen LogP contribution < -0.4 is 4.90 Å². The molecule has 110 valence electrons.